The molecular formula is C5H11ClO. The lowest BCUT2D eigenvalue weighted by atomic mass is 10.2. The van der Waals surface area contributed by atoms with E-state index in [1.807, 2.05) is 6.92 Å². The van der Waals surface area contributed by atoms with Gasteiger partial charge in [-0.15, -0.1) is 11.6 Å². The normalized spacial score (nSPS) is 18.9. The summed E-state index contributed by atoms with van der Waals surface area (Å²) < 4.78 is 0. The molecule has 0 saturated heterocycles. The van der Waals surface area contributed by atoms with Crippen LogP contribution in [0.3, 0.4) is 0 Å². The molecule has 0 saturated carbocycles. The fourth-order valence-corrected chi connectivity index (χ4v) is 0.341. The third kappa shape index (κ3) is 2.89. The van der Waals surface area contributed by atoms with E-state index in [1.165, 1.54) is 0 Å². The van der Waals surface area contributed by atoms with Gasteiger partial charge in [0.15, 0.2) is 0 Å². The Bertz CT molecular complexity index is 45.3. The fraction of sp³-hybridized carbons (Fsp3) is 1.00. The van der Waals surface area contributed by atoms with Crippen LogP contribution < -0.4 is 0 Å². The van der Waals surface area contributed by atoms with Crippen molar-refractivity contribution in [2.24, 2.45) is 0 Å². The van der Waals surface area contributed by atoms with Crippen molar-refractivity contribution < 1.29 is 5.11 Å². The van der Waals surface area contributed by atoms with Crippen LogP contribution in [-0.2, 0) is 0 Å². The number of hydrogen-bond acceptors (Lipinski definition) is 1. The van der Waals surface area contributed by atoms with Gasteiger partial charge in [0, 0.05) is 0 Å². The Kier molecular flexibility index (Phi) is 3.39. The molecule has 44 valence electrons. The van der Waals surface area contributed by atoms with Crippen LogP contribution in [0.1, 0.15) is 20.3 Å². The molecule has 0 aliphatic carbocycles. The van der Waals surface area contributed by atoms with Crippen molar-refractivity contribution in [3.05, 3.63) is 0 Å². The molecule has 0 spiro atoms. The zero-order valence-electron chi connectivity index (χ0n) is 4.69. The second-order valence-corrected chi connectivity index (χ2v) is 2.23. The van der Waals surface area contributed by atoms with Crippen molar-refractivity contribution in [1.82, 2.24) is 0 Å². The average Bonchev–Trinajstić information content (AvgIpc) is 1.65. The lowest BCUT2D eigenvalue weighted by molar-refractivity contribution is 0.187. The Morgan fingerprint density at radius 2 is 2.14 bits per heavy atom. The second-order valence-electron chi connectivity index (χ2n) is 1.66. The molecule has 0 heterocycles. The molecule has 2 heteroatoms. The number of aliphatic hydroxyl groups excluding tert-OH is 1. The van der Waals surface area contributed by atoms with Gasteiger partial charge in [-0.2, -0.15) is 0 Å². The smallest absolute Gasteiger partial charge is 0.0675 e. The van der Waals surface area contributed by atoms with Crippen LogP contribution in [0, 0.1) is 0 Å². The van der Waals surface area contributed by atoms with E-state index in [9.17, 15) is 0 Å². The molecule has 0 rings (SSSR count). The lowest BCUT2D eigenvalue weighted by Gasteiger charge is -2.07. The second kappa shape index (κ2) is 3.28. The molecule has 0 aromatic carbocycles. The highest BCUT2D eigenvalue weighted by molar-refractivity contribution is 6.20. The van der Waals surface area contributed by atoms with Crippen molar-refractivity contribution >= 4 is 11.6 Å². The van der Waals surface area contributed by atoms with Crippen molar-refractivity contribution in [2.75, 3.05) is 0 Å². The SMILES string of the molecule is CCC(Cl)C(C)O. The van der Waals surface area contributed by atoms with Gasteiger partial charge in [0.05, 0.1) is 11.5 Å². The monoisotopic (exact) mass is 122 g/mol. The number of alkyl halides is 1. The molecule has 0 fully saturated rings. The minimum absolute atomic E-state index is 0.0694. The van der Waals surface area contributed by atoms with E-state index in [2.05, 4.69) is 0 Å². The highest BCUT2D eigenvalue weighted by atomic mass is 35.5. The van der Waals surface area contributed by atoms with Crippen LogP contribution in [0.15, 0.2) is 0 Å². The molecule has 0 aliphatic heterocycles. The number of aliphatic hydroxyl groups is 1. The van der Waals surface area contributed by atoms with Crippen LogP contribution in [-0.4, -0.2) is 16.6 Å². The number of halogens is 1. The van der Waals surface area contributed by atoms with Crippen LogP contribution in [0.4, 0.5) is 0 Å². The Morgan fingerprint density at radius 3 is 2.14 bits per heavy atom. The van der Waals surface area contributed by atoms with Gasteiger partial charge in [-0.25, -0.2) is 0 Å². The molecule has 2 unspecified atom stereocenters. The first-order valence-corrected chi connectivity index (χ1v) is 2.94. The average molecular weight is 123 g/mol. The van der Waals surface area contributed by atoms with Gasteiger partial charge in [0.1, 0.15) is 0 Å². The van der Waals surface area contributed by atoms with E-state index in [-0.39, 0.29) is 11.5 Å². The molecule has 0 aromatic rings. The van der Waals surface area contributed by atoms with Crippen LogP contribution in [0.5, 0.6) is 0 Å². The molecule has 1 N–H and O–H groups in total. The maximum Gasteiger partial charge on any atom is 0.0675 e. The van der Waals surface area contributed by atoms with Crippen molar-refractivity contribution in [3.8, 4) is 0 Å². The first-order chi connectivity index (χ1) is 3.18. The van der Waals surface area contributed by atoms with E-state index in [0.717, 1.165) is 6.42 Å². The summed E-state index contributed by atoms with van der Waals surface area (Å²) >= 11 is 5.55. The molecule has 7 heavy (non-hydrogen) atoms. The van der Waals surface area contributed by atoms with E-state index in [4.69, 9.17) is 16.7 Å². The first-order valence-electron chi connectivity index (χ1n) is 2.50. The van der Waals surface area contributed by atoms with Crippen LogP contribution >= 0.6 is 11.6 Å². The Hall–Kier alpha value is 0.250. The van der Waals surface area contributed by atoms with Gasteiger partial charge >= 0.3 is 0 Å². The minimum atomic E-state index is -0.369. The minimum Gasteiger partial charge on any atom is -0.392 e. The lowest BCUT2D eigenvalue weighted by Crippen LogP contribution is -2.14. The topological polar surface area (TPSA) is 20.2 Å². The predicted octanol–water partition coefficient (Wildman–Crippen LogP) is 1.38. The van der Waals surface area contributed by atoms with Gasteiger partial charge < -0.3 is 5.11 Å². The molecular weight excluding hydrogens is 112 g/mol. The first kappa shape index (κ1) is 7.25. The molecule has 0 bridgehead atoms. The number of rotatable bonds is 2. The van der Waals surface area contributed by atoms with Crippen molar-refractivity contribution in [3.63, 3.8) is 0 Å². The summed E-state index contributed by atoms with van der Waals surface area (Å²) in [6.45, 7) is 3.64. The Labute approximate surface area is 49.3 Å². The largest absolute Gasteiger partial charge is 0.392 e. The molecule has 0 aromatic heterocycles. The Balaban J connectivity index is 3.14. The summed E-state index contributed by atoms with van der Waals surface area (Å²) in [7, 11) is 0. The van der Waals surface area contributed by atoms with Crippen LogP contribution in [0.25, 0.3) is 0 Å². The van der Waals surface area contributed by atoms with Gasteiger partial charge in [-0.3, -0.25) is 0 Å². The highest BCUT2D eigenvalue weighted by Crippen LogP contribution is 2.04. The third-order valence-corrected chi connectivity index (χ3v) is 1.59. The summed E-state index contributed by atoms with van der Waals surface area (Å²) in [6.07, 6.45) is 0.464. The van der Waals surface area contributed by atoms with Crippen molar-refractivity contribution in [2.45, 2.75) is 31.7 Å². The molecule has 0 aliphatic rings. The number of hydrogen-bond donors (Lipinski definition) is 1. The maximum absolute atomic E-state index is 8.69. The summed E-state index contributed by atoms with van der Waals surface area (Å²) in [4.78, 5) is 0. The predicted molar refractivity (Wildman–Crippen MR) is 31.6 cm³/mol. The Morgan fingerprint density at radius 1 is 1.71 bits per heavy atom. The summed E-state index contributed by atoms with van der Waals surface area (Å²) in [5.41, 5.74) is 0. The van der Waals surface area contributed by atoms with Gasteiger partial charge in [0.25, 0.3) is 0 Å². The molecule has 0 amide bonds. The quantitative estimate of drug-likeness (QED) is 0.549. The summed E-state index contributed by atoms with van der Waals surface area (Å²) in [6, 6.07) is 0. The molecule has 1 nitrogen and oxygen atoms in total. The standard InChI is InChI=1S/C5H11ClO/c1-3-5(6)4(2)7/h4-5,7H,3H2,1-2H3. The fourth-order valence-electron chi connectivity index (χ4n) is 0.341. The zero-order valence-corrected chi connectivity index (χ0v) is 5.44. The van der Waals surface area contributed by atoms with Crippen molar-refractivity contribution in [1.29, 1.82) is 0 Å². The third-order valence-electron chi connectivity index (χ3n) is 0.913. The highest BCUT2D eigenvalue weighted by Gasteiger charge is 2.05. The van der Waals surface area contributed by atoms with E-state index < -0.39 is 0 Å². The van der Waals surface area contributed by atoms with E-state index in [1.54, 1.807) is 6.92 Å². The van der Waals surface area contributed by atoms with E-state index >= 15 is 0 Å². The van der Waals surface area contributed by atoms with Gasteiger partial charge in [0.2, 0.25) is 0 Å². The van der Waals surface area contributed by atoms with Crippen LogP contribution in [0.2, 0.25) is 0 Å². The van der Waals surface area contributed by atoms with Gasteiger partial charge in [-0.05, 0) is 13.3 Å². The van der Waals surface area contributed by atoms with Gasteiger partial charge in [-0.1, -0.05) is 6.92 Å². The molecule has 0 radical (unpaired) electrons. The zero-order chi connectivity index (χ0) is 5.86. The van der Waals surface area contributed by atoms with E-state index in [0.29, 0.717) is 0 Å². The maximum atomic E-state index is 8.69. The molecule has 2 atom stereocenters. The summed E-state index contributed by atoms with van der Waals surface area (Å²) in [5.74, 6) is 0. The summed E-state index contributed by atoms with van der Waals surface area (Å²) in [5, 5.41) is 8.62.